The van der Waals surface area contributed by atoms with Crippen molar-refractivity contribution in [2.45, 2.75) is 32.1 Å². The highest BCUT2D eigenvalue weighted by atomic mass is 35.5. The fourth-order valence-corrected chi connectivity index (χ4v) is 4.63. The van der Waals surface area contributed by atoms with Crippen LogP contribution in [-0.4, -0.2) is 12.6 Å². The molecule has 0 N–H and O–H groups in total. The molecule has 0 saturated heterocycles. The number of fused-ring (bicyclic) bond motifs is 5. The second-order valence-electron chi connectivity index (χ2n) is 6.99. The maximum atomic E-state index is 12.8. The summed E-state index contributed by atoms with van der Waals surface area (Å²) in [4.78, 5) is 12.8. The fraction of sp³-hybridized carbons (Fsp3) is 0.250. The van der Waals surface area contributed by atoms with Crippen LogP contribution in [-0.2, 0) is 22.4 Å². The normalized spacial score (nSPS) is 17.7. The molecule has 0 aliphatic heterocycles. The van der Waals surface area contributed by atoms with Gasteiger partial charge in [0.05, 0.1) is 12.5 Å². The highest BCUT2D eigenvalue weighted by molar-refractivity contribution is 6.31. The Hall–Kier alpha value is -2.32. The molecule has 1 radical (unpaired) electrons. The van der Waals surface area contributed by atoms with Crippen LogP contribution in [0.15, 0.2) is 48.1 Å². The van der Waals surface area contributed by atoms with E-state index in [0.717, 1.165) is 34.6 Å². The molecular formula is C24H22ClO2. The molecule has 0 saturated carbocycles. The summed E-state index contributed by atoms with van der Waals surface area (Å²) in [5.41, 5.74) is 8.17. The minimum atomic E-state index is -0.271. The lowest BCUT2D eigenvalue weighted by molar-refractivity contribution is -0.145. The standard InChI is InChI=1S/C24H22ClO2/c1-3-6-15-13-16-9-10-18-17-7-5-8-22(25)19(17)11-12-20(18)23(16)21(14-15)24(26)27-4-2/h3,5-10,13,21H,1,4,11-12,14H2,2H3. The Kier molecular flexibility index (Phi) is 4.92. The Morgan fingerprint density at radius 3 is 2.78 bits per heavy atom. The van der Waals surface area contributed by atoms with Crippen molar-refractivity contribution >= 4 is 23.6 Å². The van der Waals surface area contributed by atoms with E-state index < -0.39 is 0 Å². The van der Waals surface area contributed by atoms with Gasteiger partial charge < -0.3 is 4.74 Å². The number of benzene rings is 2. The minimum Gasteiger partial charge on any atom is -0.466 e. The molecule has 0 amide bonds. The summed E-state index contributed by atoms with van der Waals surface area (Å²) in [5, 5.41) is 0.820. The maximum absolute atomic E-state index is 12.8. The SMILES string of the molecule is [CH2]C=CC1=Cc2ccc3c(c2C(C(=O)OCC)C1)CCc1c(Cl)cccc1-3. The second-order valence-corrected chi connectivity index (χ2v) is 7.40. The fourth-order valence-electron chi connectivity index (χ4n) is 4.36. The zero-order valence-electron chi connectivity index (χ0n) is 15.4. The molecule has 1 unspecified atom stereocenters. The number of hydrogen-bond donors (Lipinski definition) is 0. The molecule has 2 nitrogen and oxygen atoms in total. The Bertz CT molecular complexity index is 969. The number of rotatable bonds is 3. The average molecular weight is 378 g/mol. The van der Waals surface area contributed by atoms with Gasteiger partial charge in [-0.05, 0) is 78.1 Å². The van der Waals surface area contributed by atoms with Gasteiger partial charge in [-0.3, -0.25) is 4.79 Å². The number of esters is 1. The van der Waals surface area contributed by atoms with Gasteiger partial charge in [0.2, 0.25) is 0 Å². The summed E-state index contributed by atoms with van der Waals surface area (Å²) in [5.74, 6) is -0.418. The molecule has 2 aliphatic carbocycles. The lowest BCUT2D eigenvalue weighted by Gasteiger charge is -2.30. The van der Waals surface area contributed by atoms with Crippen molar-refractivity contribution in [3.8, 4) is 11.1 Å². The summed E-state index contributed by atoms with van der Waals surface area (Å²) in [6.07, 6.45) is 8.35. The first-order valence-corrected chi connectivity index (χ1v) is 9.78. The third-order valence-electron chi connectivity index (χ3n) is 5.46. The van der Waals surface area contributed by atoms with E-state index in [1.807, 2.05) is 25.1 Å². The van der Waals surface area contributed by atoms with E-state index >= 15 is 0 Å². The van der Waals surface area contributed by atoms with Crippen molar-refractivity contribution in [1.29, 1.82) is 0 Å². The molecule has 0 aromatic heterocycles. The molecule has 0 heterocycles. The van der Waals surface area contributed by atoms with Crippen molar-refractivity contribution in [1.82, 2.24) is 0 Å². The molecule has 2 aromatic rings. The van der Waals surface area contributed by atoms with Crippen molar-refractivity contribution in [3.63, 3.8) is 0 Å². The van der Waals surface area contributed by atoms with E-state index in [-0.39, 0.29) is 11.9 Å². The van der Waals surface area contributed by atoms with Crippen LogP contribution in [0.25, 0.3) is 17.2 Å². The van der Waals surface area contributed by atoms with Gasteiger partial charge in [-0.1, -0.05) is 54.1 Å². The molecule has 2 aliphatic rings. The van der Waals surface area contributed by atoms with Crippen LogP contribution >= 0.6 is 11.6 Å². The largest absolute Gasteiger partial charge is 0.466 e. The number of ether oxygens (including phenoxy) is 1. The van der Waals surface area contributed by atoms with E-state index in [9.17, 15) is 4.79 Å². The average Bonchev–Trinajstić information content (AvgIpc) is 2.67. The molecule has 2 aromatic carbocycles. The monoisotopic (exact) mass is 377 g/mol. The predicted octanol–water partition coefficient (Wildman–Crippen LogP) is 5.93. The highest BCUT2D eigenvalue weighted by Gasteiger charge is 2.33. The Morgan fingerprint density at radius 2 is 2.00 bits per heavy atom. The summed E-state index contributed by atoms with van der Waals surface area (Å²) < 4.78 is 5.42. The Morgan fingerprint density at radius 1 is 1.22 bits per heavy atom. The Balaban J connectivity index is 1.91. The third-order valence-corrected chi connectivity index (χ3v) is 5.81. The molecule has 4 rings (SSSR count). The third kappa shape index (κ3) is 3.12. The quantitative estimate of drug-likeness (QED) is 0.619. The lowest BCUT2D eigenvalue weighted by Crippen LogP contribution is -2.22. The molecule has 0 fully saturated rings. The smallest absolute Gasteiger partial charge is 0.313 e. The van der Waals surface area contributed by atoms with E-state index in [4.69, 9.17) is 16.3 Å². The summed E-state index contributed by atoms with van der Waals surface area (Å²) in [6.45, 7) is 6.04. The number of carbonyl (C=O) groups excluding carboxylic acids is 1. The van der Waals surface area contributed by atoms with Crippen LogP contribution < -0.4 is 0 Å². The summed E-state index contributed by atoms with van der Waals surface area (Å²) in [6, 6.07) is 10.4. The van der Waals surface area contributed by atoms with Gasteiger partial charge in [0.1, 0.15) is 0 Å². The van der Waals surface area contributed by atoms with Crippen LogP contribution in [0.2, 0.25) is 5.02 Å². The van der Waals surface area contributed by atoms with Gasteiger partial charge in [0.25, 0.3) is 0 Å². The van der Waals surface area contributed by atoms with Crippen LogP contribution in [0.1, 0.15) is 41.5 Å². The molecule has 3 heteroatoms. The molecule has 0 spiro atoms. The minimum absolute atomic E-state index is 0.146. The number of allylic oxidation sites excluding steroid dienone is 3. The molecule has 27 heavy (non-hydrogen) atoms. The Labute approximate surface area is 165 Å². The van der Waals surface area contributed by atoms with Crippen molar-refractivity contribution in [3.05, 3.63) is 82.3 Å². The van der Waals surface area contributed by atoms with Gasteiger partial charge in [-0.25, -0.2) is 0 Å². The summed E-state index contributed by atoms with van der Waals surface area (Å²) in [7, 11) is 0. The molecule has 137 valence electrons. The summed E-state index contributed by atoms with van der Waals surface area (Å²) >= 11 is 6.43. The van der Waals surface area contributed by atoms with Crippen molar-refractivity contribution < 1.29 is 9.53 Å². The number of halogens is 1. The lowest BCUT2D eigenvalue weighted by atomic mass is 9.74. The van der Waals surface area contributed by atoms with Crippen LogP contribution in [0.4, 0.5) is 0 Å². The first kappa shape index (κ1) is 18.1. The van der Waals surface area contributed by atoms with Crippen LogP contribution in [0.5, 0.6) is 0 Å². The van der Waals surface area contributed by atoms with Gasteiger partial charge in [-0.2, -0.15) is 0 Å². The van der Waals surface area contributed by atoms with E-state index in [0.29, 0.717) is 13.0 Å². The first-order chi connectivity index (χ1) is 13.1. The van der Waals surface area contributed by atoms with E-state index in [1.54, 1.807) is 6.08 Å². The second kappa shape index (κ2) is 7.36. The van der Waals surface area contributed by atoms with E-state index in [2.05, 4.69) is 31.2 Å². The first-order valence-electron chi connectivity index (χ1n) is 9.40. The molecule has 0 bridgehead atoms. The highest BCUT2D eigenvalue weighted by Crippen LogP contribution is 2.45. The molecule has 1 atom stereocenters. The zero-order valence-corrected chi connectivity index (χ0v) is 16.2. The molecular weight excluding hydrogens is 356 g/mol. The van der Waals surface area contributed by atoms with Gasteiger partial charge in [0, 0.05) is 5.02 Å². The zero-order chi connectivity index (χ0) is 19.0. The predicted molar refractivity (Wildman–Crippen MR) is 111 cm³/mol. The van der Waals surface area contributed by atoms with E-state index in [1.165, 1.54) is 22.3 Å². The van der Waals surface area contributed by atoms with Gasteiger partial charge in [-0.15, -0.1) is 0 Å². The topological polar surface area (TPSA) is 26.3 Å². The van der Waals surface area contributed by atoms with Crippen molar-refractivity contribution in [2.75, 3.05) is 6.61 Å². The maximum Gasteiger partial charge on any atom is 0.313 e. The van der Waals surface area contributed by atoms with Gasteiger partial charge in [0.15, 0.2) is 0 Å². The number of carbonyl (C=O) groups is 1. The van der Waals surface area contributed by atoms with Gasteiger partial charge >= 0.3 is 5.97 Å². The van der Waals surface area contributed by atoms with Crippen molar-refractivity contribution in [2.24, 2.45) is 0 Å². The van der Waals surface area contributed by atoms with Crippen LogP contribution in [0, 0.1) is 6.92 Å². The van der Waals surface area contributed by atoms with Crippen LogP contribution in [0.3, 0.4) is 0 Å². The number of hydrogen-bond acceptors (Lipinski definition) is 2.